The third kappa shape index (κ3) is 2.31. The molecule has 0 atom stereocenters. The van der Waals surface area contributed by atoms with Crippen molar-refractivity contribution in [1.29, 1.82) is 0 Å². The Kier molecular flexibility index (Phi) is 3.40. The van der Waals surface area contributed by atoms with Crippen LogP contribution >= 0.6 is 23.2 Å². The lowest BCUT2D eigenvalue weighted by Gasteiger charge is -2.15. The van der Waals surface area contributed by atoms with E-state index in [0.717, 1.165) is 0 Å². The molecule has 0 aliphatic rings. The fourth-order valence-corrected chi connectivity index (χ4v) is 2.07. The van der Waals surface area contributed by atoms with Crippen LogP contribution in [0.4, 0.5) is 4.39 Å². The van der Waals surface area contributed by atoms with Gasteiger partial charge in [-0.2, -0.15) is 0 Å². The van der Waals surface area contributed by atoms with Gasteiger partial charge in [-0.05, 0) is 18.1 Å². The summed E-state index contributed by atoms with van der Waals surface area (Å²) in [5.74, 6) is -0.367. The predicted octanol–water partition coefficient (Wildman–Crippen LogP) is 4.44. The zero-order valence-corrected chi connectivity index (χ0v) is 10.9. The lowest BCUT2D eigenvalue weighted by molar-refractivity contribution is 0.596. The van der Waals surface area contributed by atoms with E-state index in [2.05, 4.69) is 4.98 Å². The van der Waals surface area contributed by atoms with Gasteiger partial charge in [0.05, 0.1) is 10.7 Å². The lowest BCUT2D eigenvalue weighted by Crippen LogP contribution is -2.03. The molecule has 1 aromatic carbocycles. The van der Waals surface area contributed by atoms with Crippen LogP contribution in [-0.4, -0.2) is 9.55 Å². The molecule has 0 aliphatic carbocycles. The van der Waals surface area contributed by atoms with Crippen LogP contribution in [0.3, 0.4) is 0 Å². The van der Waals surface area contributed by atoms with Gasteiger partial charge in [-0.15, -0.1) is 0 Å². The van der Waals surface area contributed by atoms with E-state index >= 15 is 0 Å². The highest BCUT2D eigenvalue weighted by atomic mass is 35.5. The van der Waals surface area contributed by atoms with Crippen LogP contribution in [0.15, 0.2) is 24.7 Å². The first-order valence-corrected chi connectivity index (χ1v) is 5.94. The molecule has 0 fully saturated rings. The van der Waals surface area contributed by atoms with Gasteiger partial charge in [0.2, 0.25) is 0 Å². The van der Waals surface area contributed by atoms with Gasteiger partial charge >= 0.3 is 0 Å². The highest BCUT2D eigenvalue weighted by molar-refractivity contribution is 6.31. The SMILES string of the molecule is CC(C)c1c(-n2cnc(Cl)c2)ccc(Cl)c1F. The average Bonchev–Trinajstić information content (AvgIpc) is 2.68. The second-order valence-electron chi connectivity index (χ2n) is 4.05. The third-order valence-electron chi connectivity index (χ3n) is 2.52. The number of hydrogen-bond acceptors (Lipinski definition) is 1. The second kappa shape index (κ2) is 4.67. The number of nitrogens with zero attached hydrogens (tertiary/aromatic N) is 2. The van der Waals surface area contributed by atoms with E-state index in [9.17, 15) is 4.39 Å². The molecule has 0 aliphatic heterocycles. The van der Waals surface area contributed by atoms with Gasteiger partial charge in [-0.3, -0.25) is 0 Å². The van der Waals surface area contributed by atoms with Gasteiger partial charge in [-0.1, -0.05) is 37.0 Å². The lowest BCUT2D eigenvalue weighted by atomic mass is 10.0. The summed E-state index contributed by atoms with van der Waals surface area (Å²) in [6.45, 7) is 3.83. The fraction of sp³-hybridized carbons (Fsp3) is 0.250. The quantitative estimate of drug-likeness (QED) is 0.790. The van der Waals surface area contributed by atoms with Crippen LogP contribution in [0, 0.1) is 5.82 Å². The number of imidazole rings is 1. The minimum absolute atomic E-state index is 0.0184. The van der Waals surface area contributed by atoms with E-state index < -0.39 is 0 Å². The molecule has 17 heavy (non-hydrogen) atoms. The molecule has 90 valence electrons. The van der Waals surface area contributed by atoms with Crippen LogP contribution in [0.5, 0.6) is 0 Å². The van der Waals surface area contributed by atoms with Crippen LogP contribution in [0.2, 0.25) is 10.2 Å². The van der Waals surface area contributed by atoms with E-state index in [0.29, 0.717) is 16.4 Å². The maximum Gasteiger partial charge on any atom is 0.147 e. The minimum Gasteiger partial charge on any atom is -0.304 e. The van der Waals surface area contributed by atoms with Crippen molar-refractivity contribution >= 4 is 23.2 Å². The van der Waals surface area contributed by atoms with Gasteiger partial charge in [-0.25, -0.2) is 9.37 Å². The van der Waals surface area contributed by atoms with E-state index in [4.69, 9.17) is 23.2 Å². The molecule has 2 nitrogen and oxygen atoms in total. The Bertz CT molecular complexity index is 549. The van der Waals surface area contributed by atoms with E-state index in [1.165, 1.54) is 6.07 Å². The summed E-state index contributed by atoms with van der Waals surface area (Å²) >= 11 is 11.6. The van der Waals surface area contributed by atoms with E-state index in [1.807, 2.05) is 13.8 Å². The number of benzene rings is 1. The van der Waals surface area contributed by atoms with E-state index in [1.54, 1.807) is 23.2 Å². The highest BCUT2D eigenvalue weighted by Crippen LogP contribution is 2.30. The summed E-state index contributed by atoms with van der Waals surface area (Å²) < 4.78 is 15.7. The zero-order valence-electron chi connectivity index (χ0n) is 9.42. The molecule has 2 aromatic rings. The Hall–Kier alpha value is -1.06. The topological polar surface area (TPSA) is 17.8 Å². The van der Waals surface area contributed by atoms with Crippen LogP contribution in [-0.2, 0) is 0 Å². The van der Waals surface area contributed by atoms with Crippen molar-refractivity contribution in [2.45, 2.75) is 19.8 Å². The predicted molar refractivity (Wildman–Crippen MR) is 67.6 cm³/mol. The summed E-state index contributed by atoms with van der Waals surface area (Å²) in [7, 11) is 0. The molecule has 1 heterocycles. The van der Waals surface area contributed by atoms with Gasteiger partial charge in [0.25, 0.3) is 0 Å². The fourth-order valence-electron chi connectivity index (χ4n) is 1.76. The number of rotatable bonds is 2. The monoisotopic (exact) mass is 272 g/mol. The Balaban J connectivity index is 2.65. The maximum atomic E-state index is 14.0. The molecule has 0 amide bonds. The first-order chi connectivity index (χ1) is 8.00. The summed E-state index contributed by atoms with van der Waals surface area (Å²) in [5, 5.41) is 0.499. The molecule has 0 bridgehead atoms. The van der Waals surface area contributed by atoms with Crippen LogP contribution in [0.1, 0.15) is 25.3 Å². The third-order valence-corrected chi connectivity index (χ3v) is 3.00. The maximum absolute atomic E-state index is 14.0. The second-order valence-corrected chi connectivity index (χ2v) is 4.85. The largest absolute Gasteiger partial charge is 0.304 e. The van der Waals surface area contributed by atoms with Gasteiger partial charge in [0.1, 0.15) is 17.3 Å². The number of aromatic nitrogens is 2. The van der Waals surface area contributed by atoms with Crippen LogP contribution < -0.4 is 0 Å². The van der Waals surface area contributed by atoms with Crippen molar-refractivity contribution in [3.05, 3.63) is 46.2 Å². The summed E-state index contributed by atoms with van der Waals surface area (Å²) in [6, 6.07) is 3.30. The number of hydrogen-bond donors (Lipinski definition) is 0. The molecular formula is C12H11Cl2FN2. The molecule has 2 rings (SSSR count). The molecule has 5 heteroatoms. The molecular weight excluding hydrogens is 262 g/mol. The smallest absolute Gasteiger partial charge is 0.147 e. The van der Waals surface area contributed by atoms with Gasteiger partial charge in [0.15, 0.2) is 0 Å². The minimum atomic E-state index is -0.385. The van der Waals surface area contributed by atoms with Crippen molar-refractivity contribution in [3.8, 4) is 5.69 Å². The molecule has 0 unspecified atom stereocenters. The Morgan fingerprint density at radius 1 is 1.29 bits per heavy atom. The Morgan fingerprint density at radius 2 is 2.00 bits per heavy atom. The summed E-state index contributed by atoms with van der Waals surface area (Å²) in [6.07, 6.45) is 3.19. The summed E-state index contributed by atoms with van der Waals surface area (Å²) in [5.41, 5.74) is 1.27. The van der Waals surface area contributed by atoms with Crippen molar-refractivity contribution in [3.63, 3.8) is 0 Å². The molecule has 0 spiro atoms. The Morgan fingerprint density at radius 3 is 2.53 bits per heavy atom. The van der Waals surface area contributed by atoms with Gasteiger partial charge in [0, 0.05) is 11.8 Å². The molecule has 1 aromatic heterocycles. The molecule has 0 N–H and O–H groups in total. The summed E-state index contributed by atoms with van der Waals surface area (Å²) in [4.78, 5) is 3.92. The number of halogens is 3. The van der Waals surface area contributed by atoms with E-state index in [-0.39, 0.29) is 16.8 Å². The first-order valence-electron chi connectivity index (χ1n) is 5.18. The van der Waals surface area contributed by atoms with Crippen molar-refractivity contribution in [1.82, 2.24) is 9.55 Å². The van der Waals surface area contributed by atoms with Gasteiger partial charge < -0.3 is 4.57 Å². The van der Waals surface area contributed by atoms with Crippen molar-refractivity contribution < 1.29 is 4.39 Å². The average molecular weight is 273 g/mol. The first kappa shape index (κ1) is 12.4. The van der Waals surface area contributed by atoms with Crippen LogP contribution in [0.25, 0.3) is 5.69 Å². The Labute approximate surface area is 109 Å². The zero-order chi connectivity index (χ0) is 12.6. The molecule has 0 saturated heterocycles. The standard InChI is InChI=1S/C12H11Cl2FN2/c1-7(2)11-9(4-3-8(13)12(11)15)17-5-10(14)16-6-17/h3-7H,1-2H3. The normalized spacial score (nSPS) is 11.2. The van der Waals surface area contributed by atoms with Crippen molar-refractivity contribution in [2.24, 2.45) is 0 Å². The molecule has 0 saturated carbocycles. The van der Waals surface area contributed by atoms with Crippen molar-refractivity contribution in [2.75, 3.05) is 0 Å². The molecule has 0 radical (unpaired) electrons. The highest BCUT2D eigenvalue weighted by Gasteiger charge is 2.16.